The number of nitrogens with zero attached hydrogens (tertiary/aromatic N) is 1. The van der Waals surface area contributed by atoms with Crippen molar-refractivity contribution in [3.63, 3.8) is 0 Å². The van der Waals surface area contributed by atoms with Crippen molar-refractivity contribution >= 4 is 36.9 Å². The van der Waals surface area contributed by atoms with Crippen molar-refractivity contribution in [3.05, 3.63) is 64.7 Å². The molecule has 0 saturated heterocycles. The van der Waals surface area contributed by atoms with Crippen LogP contribution in [0.4, 0.5) is 4.79 Å². The largest absolute Gasteiger partial charge is 0.509 e. The molecular formula is C22H21BN4O4. The average molecular weight is 416 g/mol. The smallest absolute Gasteiger partial charge is 0.320 e. The maximum atomic E-state index is 12.9. The van der Waals surface area contributed by atoms with Crippen LogP contribution in [-0.2, 0) is 16.1 Å². The number of carbonyl (C=O) groups excluding carboxylic acids is 3. The Morgan fingerprint density at radius 3 is 2.74 bits per heavy atom. The molecule has 0 aliphatic carbocycles. The molecule has 2 aliphatic heterocycles. The number of aromatic hydroxyl groups is 1. The van der Waals surface area contributed by atoms with Crippen LogP contribution in [0.1, 0.15) is 29.7 Å². The van der Waals surface area contributed by atoms with E-state index in [0.717, 1.165) is 16.7 Å². The normalized spacial score (nSPS) is 17.6. The van der Waals surface area contributed by atoms with E-state index in [9.17, 15) is 19.5 Å². The Hall–Kier alpha value is -3.75. The Labute approximate surface area is 180 Å². The summed E-state index contributed by atoms with van der Waals surface area (Å²) in [6.45, 7) is 1.82. The lowest BCUT2D eigenvalue weighted by atomic mass is 9.87. The summed E-state index contributed by atoms with van der Waals surface area (Å²) in [5.41, 5.74) is 4.02. The summed E-state index contributed by atoms with van der Waals surface area (Å²) in [5, 5.41) is 18.1. The molecule has 4 rings (SSSR count). The maximum Gasteiger partial charge on any atom is 0.320 e. The van der Waals surface area contributed by atoms with Crippen LogP contribution in [-0.4, -0.2) is 48.8 Å². The Balaban J connectivity index is 1.80. The van der Waals surface area contributed by atoms with Gasteiger partial charge < -0.3 is 26.0 Å². The molecule has 2 aliphatic rings. The van der Waals surface area contributed by atoms with Crippen LogP contribution in [0, 0.1) is 0 Å². The predicted octanol–water partition coefficient (Wildman–Crippen LogP) is 0.430. The molecule has 156 valence electrons. The summed E-state index contributed by atoms with van der Waals surface area (Å²) in [7, 11) is 5.88. The van der Waals surface area contributed by atoms with Crippen LogP contribution in [0.2, 0.25) is 0 Å². The lowest BCUT2D eigenvalue weighted by molar-refractivity contribution is -0.132. The van der Waals surface area contributed by atoms with Crippen LogP contribution in [0.15, 0.2) is 48.0 Å². The van der Waals surface area contributed by atoms with Crippen LogP contribution >= 0.6 is 0 Å². The lowest BCUT2D eigenvalue weighted by Crippen LogP contribution is -2.46. The molecular weight excluding hydrogens is 395 g/mol. The first-order valence-electron chi connectivity index (χ1n) is 9.83. The number of phenols is 1. The van der Waals surface area contributed by atoms with E-state index in [0.29, 0.717) is 17.8 Å². The molecule has 2 heterocycles. The Morgan fingerprint density at radius 2 is 2.00 bits per heavy atom. The first-order valence-corrected chi connectivity index (χ1v) is 9.83. The predicted molar refractivity (Wildman–Crippen MR) is 115 cm³/mol. The van der Waals surface area contributed by atoms with Crippen molar-refractivity contribution in [3.8, 4) is 5.75 Å². The van der Waals surface area contributed by atoms with Gasteiger partial charge in [-0.05, 0) is 17.2 Å². The van der Waals surface area contributed by atoms with Crippen LogP contribution in [0.5, 0.6) is 5.75 Å². The summed E-state index contributed by atoms with van der Waals surface area (Å²) in [6.07, 6.45) is 0. The molecule has 0 fully saturated rings. The Bertz CT molecular complexity index is 1110. The Kier molecular flexibility index (Phi) is 5.41. The fraction of sp³-hybridized carbons (Fsp3) is 0.227. The number of benzene rings is 2. The van der Waals surface area contributed by atoms with Gasteiger partial charge in [-0.15, -0.1) is 0 Å². The van der Waals surface area contributed by atoms with Gasteiger partial charge in [-0.2, -0.15) is 0 Å². The molecule has 8 nitrogen and oxygen atoms in total. The number of hydrogen-bond acceptors (Lipinski definition) is 4. The van der Waals surface area contributed by atoms with Gasteiger partial charge in [0.05, 0.1) is 18.3 Å². The zero-order valence-corrected chi connectivity index (χ0v) is 16.9. The van der Waals surface area contributed by atoms with Crippen molar-refractivity contribution in [1.29, 1.82) is 0 Å². The monoisotopic (exact) mass is 416 g/mol. The molecule has 31 heavy (non-hydrogen) atoms. The molecule has 2 radical (unpaired) electrons. The number of hydrogen-bond donors (Lipinski definition) is 4. The topological polar surface area (TPSA) is 111 Å². The van der Waals surface area contributed by atoms with Gasteiger partial charge in [0, 0.05) is 31.1 Å². The van der Waals surface area contributed by atoms with Crippen LogP contribution in [0.3, 0.4) is 0 Å². The van der Waals surface area contributed by atoms with Gasteiger partial charge >= 0.3 is 6.03 Å². The van der Waals surface area contributed by atoms with Crippen LogP contribution in [0.25, 0.3) is 5.70 Å². The number of fused-ring (bicyclic) bond motifs is 2. The van der Waals surface area contributed by atoms with E-state index in [1.54, 1.807) is 17.0 Å². The highest BCUT2D eigenvalue weighted by Gasteiger charge is 2.34. The first kappa shape index (κ1) is 20.5. The third kappa shape index (κ3) is 4.12. The summed E-state index contributed by atoms with van der Waals surface area (Å²) in [5.74, 6) is -0.566. The lowest BCUT2D eigenvalue weighted by Gasteiger charge is -2.32. The second kappa shape index (κ2) is 8.18. The third-order valence-electron chi connectivity index (χ3n) is 5.42. The molecule has 0 aromatic heterocycles. The molecule has 4 amide bonds. The molecule has 0 saturated carbocycles. The fourth-order valence-corrected chi connectivity index (χ4v) is 3.90. The third-order valence-corrected chi connectivity index (χ3v) is 5.42. The molecule has 4 N–H and O–H groups in total. The highest BCUT2D eigenvalue weighted by molar-refractivity contribution is 6.34. The fourth-order valence-electron chi connectivity index (χ4n) is 3.90. The standard InChI is InChI=1S/C22H21BN4O4/c1-12(28)24-9-19(30)27-10-14-4-2-3-5-15(14)21-16(11-27)20(25-22(31)26-21)13-6-7-18(29)17(23)8-13/h2-8,20,29H,9-11H2,1H3,(H,24,28)(H2,25,26,31). The van der Waals surface area contributed by atoms with E-state index in [1.807, 2.05) is 24.3 Å². The number of nitrogens with one attached hydrogen (secondary N) is 3. The summed E-state index contributed by atoms with van der Waals surface area (Å²) >= 11 is 0. The SMILES string of the molecule is [B]c1cc(C2NC(=O)NC3=C2CN(C(=O)CNC(C)=O)Cc2ccccc23)ccc1O. The number of amides is 4. The highest BCUT2D eigenvalue weighted by Crippen LogP contribution is 2.35. The van der Waals surface area contributed by atoms with E-state index in [1.165, 1.54) is 13.0 Å². The number of carbonyl (C=O) groups is 3. The minimum absolute atomic E-state index is 0.0449. The van der Waals surface area contributed by atoms with E-state index < -0.39 is 6.04 Å². The minimum Gasteiger partial charge on any atom is -0.509 e. The maximum absolute atomic E-state index is 12.9. The van der Waals surface area contributed by atoms with Crippen molar-refractivity contribution in [2.24, 2.45) is 0 Å². The van der Waals surface area contributed by atoms with Crippen molar-refractivity contribution in [1.82, 2.24) is 20.9 Å². The molecule has 2 aromatic rings. The van der Waals surface area contributed by atoms with Crippen molar-refractivity contribution in [2.75, 3.05) is 13.1 Å². The number of phenolic OH excluding ortho intramolecular Hbond substituents is 1. The van der Waals surface area contributed by atoms with Gasteiger partial charge in [0.2, 0.25) is 11.8 Å². The van der Waals surface area contributed by atoms with E-state index in [2.05, 4.69) is 16.0 Å². The van der Waals surface area contributed by atoms with Gasteiger partial charge in [0.25, 0.3) is 0 Å². The van der Waals surface area contributed by atoms with E-state index >= 15 is 0 Å². The number of urea groups is 1. The zero-order valence-electron chi connectivity index (χ0n) is 16.9. The van der Waals surface area contributed by atoms with Gasteiger partial charge in [-0.3, -0.25) is 9.59 Å². The summed E-state index contributed by atoms with van der Waals surface area (Å²) in [4.78, 5) is 38.3. The molecule has 1 atom stereocenters. The molecule has 9 heteroatoms. The van der Waals surface area contributed by atoms with Crippen LogP contribution < -0.4 is 21.4 Å². The van der Waals surface area contributed by atoms with Crippen molar-refractivity contribution in [2.45, 2.75) is 19.5 Å². The highest BCUT2D eigenvalue weighted by atomic mass is 16.3. The second-order valence-corrected chi connectivity index (χ2v) is 7.57. The van der Waals surface area contributed by atoms with Gasteiger partial charge in [-0.1, -0.05) is 41.9 Å². The molecule has 2 aromatic carbocycles. The quantitative estimate of drug-likeness (QED) is 0.544. The summed E-state index contributed by atoms with van der Waals surface area (Å²) < 4.78 is 0. The summed E-state index contributed by atoms with van der Waals surface area (Å²) in [6, 6.07) is 11.4. The molecule has 0 spiro atoms. The average Bonchev–Trinajstić information content (AvgIpc) is 2.90. The molecule has 1 unspecified atom stereocenters. The van der Waals surface area contributed by atoms with Gasteiger partial charge in [0.1, 0.15) is 13.6 Å². The minimum atomic E-state index is -0.547. The zero-order chi connectivity index (χ0) is 22.1. The Morgan fingerprint density at radius 1 is 1.23 bits per heavy atom. The van der Waals surface area contributed by atoms with Gasteiger partial charge in [-0.25, -0.2) is 4.79 Å². The number of rotatable bonds is 3. The van der Waals surface area contributed by atoms with Crippen molar-refractivity contribution < 1.29 is 19.5 Å². The molecule has 0 bridgehead atoms. The first-order chi connectivity index (χ1) is 14.8. The van der Waals surface area contributed by atoms with E-state index in [-0.39, 0.29) is 42.1 Å². The second-order valence-electron chi connectivity index (χ2n) is 7.57. The van der Waals surface area contributed by atoms with E-state index in [4.69, 9.17) is 7.85 Å². The van der Waals surface area contributed by atoms with Gasteiger partial charge in [0.15, 0.2) is 0 Å².